The van der Waals surface area contributed by atoms with Crippen molar-refractivity contribution >= 4 is 0 Å². The molecule has 0 aromatic rings. The summed E-state index contributed by atoms with van der Waals surface area (Å²) in [6, 6.07) is 1.18. The molecule has 0 amide bonds. The molecule has 0 aliphatic heterocycles. The number of hydrogen-bond acceptors (Lipinski definition) is 2. The fraction of sp³-hybridized carbons (Fsp3) is 1.00. The maximum absolute atomic E-state index is 5.93. The van der Waals surface area contributed by atoms with Crippen LogP contribution in [0.2, 0.25) is 0 Å². The summed E-state index contributed by atoms with van der Waals surface area (Å²) in [5, 5.41) is 0. The Morgan fingerprint density at radius 1 is 1.45 bits per heavy atom. The van der Waals surface area contributed by atoms with Gasteiger partial charge in [-0.3, -0.25) is 0 Å². The van der Waals surface area contributed by atoms with Crippen LogP contribution in [0, 0.1) is 5.92 Å². The fourth-order valence-electron chi connectivity index (χ4n) is 1.86. The minimum atomic E-state index is 0.439. The molecule has 0 radical (unpaired) electrons. The molecular formula is C9H20N2. The van der Waals surface area contributed by atoms with E-state index >= 15 is 0 Å². The molecule has 1 fully saturated rings. The van der Waals surface area contributed by atoms with Gasteiger partial charge in [0.05, 0.1) is 0 Å². The van der Waals surface area contributed by atoms with E-state index < -0.39 is 0 Å². The summed E-state index contributed by atoms with van der Waals surface area (Å²) in [4.78, 5) is 2.41. The van der Waals surface area contributed by atoms with E-state index in [0.717, 1.165) is 12.6 Å². The van der Waals surface area contributed by atoms with Crippen molar-refractivity contribution in [2.75, 3.05) is 13.6 Å². The Morgan fingerprint density at radius 3 is 2.45 bits per heavy atom. The first-order valence-electron chi connectivity index (χ1n) is 4.61. The lowest BCUT2D eigenvalue weighted by molar-refractivity contribution is 0.253. The average Bonchev–Trinajstić information content (AvgIpc) is 2.31. The van der Waals surface area contributed by atoms with Gasteiger partial charge in [0.1, 0.15) is 0 Å². The third-order valence-corrected chi connectivity index (χ3v) is 3.04. The van der Waals surface area contributed by atoms with Crippen molar-refractivity contribution in [2.45, 2.75) is 38.8 Å². The zero-order valence-electron chi connectivity index (χ0n) is 7.88. The Hall–Kier alpha value is -0.0800. The Labute approximate surface area is 69.8 Å². The second kappa shape index (κ2) is 3.55. The highest BCUT2D eigenvalue weighted by Crippen LogP contribution is 2.26. The predicted molar refractivity (Wildman–Crippen MR) is 48.5 cm³/mol. The second-order valence-corrected chi connectivity index (χ2v) is 3.84. The molecule has 0 aromatic heterocycles. The lowest BCUT2D eigenvalue weighted by atomic mass is 10.1. The summed E-state index contributed by atoms with van der Waals surface area (Å²) in [7, 11) is 2.19. The van der Waals surface area contributed by atoms with E-state index in [9.17, 15) is 0 Å². The molecule has 1 unspecified atom stereocenters. The molecule has 2 N–H and O–H groups in total. The third-order valence-electron chi connectivity index (χ3n) is 3.04. The minimum absolute atomic E-state index is 0.439. The van der Waals surface area contributed by atoms with Gasteiger partial charge in [0.2, 0.25) is 0 Å². The molecular weight excluding hydrogens is 136 g/mol. The van der Waals surface area contributed by atoms with Gasteiger partial charge in [-0.2, -0.15) is 0 Å². The number of nitrogens with two attached hydrogens (primary N) is 1. The van der Waals surface area contributed by atoms with Gasteiger partial charge in [0, 0.05) is 12.1 Å². The van der Waals surface area contributed by atoms with Crippen molar-refractivity contribution in [3.63, 3.8) is 0 Å². The Balaban J connectivity index is 2.40. The van der Waals surface area contributed by atoms with E-state index in [1.807, 2.05) is 0 Å². The van der Waals surface area contributed by atoms with E-state index in [2.05, 4.69) is 25.8 Å². The molecule has 11 heavy (non-hydrogen) atoms. The van der Waals surface area contributed by atoms with Crippen molar-refractivity contribution in [2.24, 2.45) is 11.7 Å². The summed E-state index contributed by atoms with van der Waals surface area (Å²) in [5.74, 6) is 0.717. The quantitative estimate of drug-likeness (QED) is 0.648. The number of rotatable bonds is 2. The van der Waals surface area contributed by atoms with Gasteiger partial charge >= 0.3 is 0 Å². The van der Waals surface area contributed by atoms with Crippen LogP contribution in [0.4, 0.5) is 0 Å². The highest BCUT2D eigenvalue weighted by molar-refractivity contribution is 4.87. The van der Waals surface area contributed by atoms with Gasteiger partial charge in [-0.1, -0.05) is 13.8 Å². The van der Waals surface area contributed by atoms with Gasteiger partial charge in [-0.05, 0) is 32.4 Å². The molecule has 2 nitrogen and oxygen atoms in total. The number of nitrogens with zero attached hydrogens (tertiary/aromatic N) is 1. The minimum Gasteiger partial charge on any atom is -0.327 e. The van der Waals surface area contributed by atoms with Crippen LogP contribution < -0.4 is 5.73 Å². The van der Waals surface area contributed by atoms with Crippen LogP contribution >= 0.6 is 0 Å². The van der Waals surface area contributed by atoms with Crippen LogP contribution in [0.5, 0.6) is 0 Å². The van der Waals surface area contributed by atoms with Crippen LogP contribution in [0.15, 0.2) is 0 Å². The topological polar surface area (TPSA) is 29.3 Å². The lowest BCUT2D eigenvalue weighted by Crippen LogP contribution is -2.30. The van der Waals surface area contributed by atoms with E-state index in [0.29, 0.717) is 12.0 Å². The van der Waals surface area contributed by atoms with Crippen LogP contribution in [-0.4, -0.2) is 30.6 Å². The molecule has 0 spiro atoms. The van der Waals surface area contributed by atoms with E-state index in [4.69, 9.17) is 5.73 Å². The summed E-state index contributed by atoms with van der Waals surface area (Å²) in [5.41, 5.74) is 5.93. The SMILES string of the molecule is CCN(C)C1C[C@@H](N)[C@@H](C)C1. The van der Waals surface area contributed by atoms with Crippen LogP contribution in [0.3, 0.4) is 0 Å². The summed E-state index contributed by atoms with van der Waals surface area (Å²) in [6.07, 6.45) is 2.47. The molecule has 0 aromatic carbocycles. The summed E-state index contributed by atoms with van der Waals surface area (Å²) in [6.45, 7) is 5.60. The maximum atomic E-state index is 5.93. The zero-order valence-corrected chi connectivity index (χ0v) is 7.88. The molecule has 66 valence electrons. The molecule has 1 rings (SSSR count). The van der Waals surface area contributed by atoms with Gasteiger partial charge in [0.15, 0.2) is 0 Å². The molecule has 1 aliphatic carbocycles. The Kier molecular flexibility index (Phi) is 2.90. The highest BCUT2D eigenvalue weighted by atomic mass is 15.1. The summed E-state index contributed by atoms with van der Waals surface area (Å²) >= 11 is 0. The van der Waals surface area contributed by atoms with Gasteiger partial charge < -0.3 is 10.6 Å². The zero-order chi connectivity index (χ0) is 8.43. The monoisotopic (exact) mass is 156 g/mol. The molecule has 1 saturated carbocycles. The van der Waals surface area contributed by atoms with E-state index in [1.54, 1.807) is 0 Å². The van der Waals surface area contributed by atoms with Crippen molar-refractivity contribution in [3.05, 3.63) is 0 Å². The van der Waals surface area contributed by atoms with Gasteiger partial charge in [0.25, 0.3) is 0 Å². The lowest BCUT2D eigenvalue weighted by Gasteiger charge is -2.21. The Bertz CT molecular complexity index is 115. The second-order valence-electron chi connectivity index (χ2n) is 3.84. The van der Waals surface area contributed by atoms with Crippen LogP contribution in [0.1, 0.15) is 26.7 Å². The van der Waals surface area contributed by atoms with Crippen molar-refractivity contribution in [3.8, 4) is 0 Å². The third kappa shape index (κ3) is 1.94. The first kappa shape index (κ1) is 9.01. The Morgan fingerprint density at radius 2 is 2.09 bits per heavy atom. The maximum Gasteiger partial charge on any atom is 0.0110 e. The van der Waals surface area contributed by atoms with Gasteiger partial charge in [-0.25, -0.2) is 0 Å². The smallest absolute Gasteiger partial charge is 0.0110 e. The first-order valence-corrected chi connectivity index (χ1v) is 4.61. The van der Waals surface area contributed by atoms with Crippen LogP contribution in [-0.2, 0) is 0 Å². The highest BCUT2D eigenvalue weighted by Gasteiger charge is 2.30. The molecule has 3 atom stereocenters. The van der Waals surface area contributed by atoms with Crippen molar-refractivity contribution in [1.29, 1.82) is 0 Å². The van der Waals surface area contributed by atoms with Crippen molar-refractivity contribution < 1.29 is 0 Å². The largest absolute Gasteiger partial charge is 0.327 e. The predicted octanol–water partition coefficient (Wildman–Crippen LogP) is 1.06. The molecule has 0 saturated heterocycles. The first-order chi connectivity index (χ1) is 5.15. The fourth-order valence-corrected chi connectivity index (χ4v) is 1.86. The molecule has 0 heterocycles. The molecule has 1 aliphatic rings. The molecule has 2 heteroatoms. The van der Waals surface area contributed by atoms with E-state index in [-0.39, 0.29) is 0 Å². The van der Waals surface area contributed by atoms with Crippen LogP contribution in [0.25, 0.3) is 0 Å². The van der Waals surface area contributed by atoms with Gasteiger partial charge in [-0.15, -0.1) is 0 Å². The standard InChI is InChI=1S/C9H20N2/c1-4-11(3)8-5-7(2)9(10)6-8/h7-9H,4-6,10H2,1-3H3/t7-,8?,9+/m0/s1. The molecule has 0 bridgehead atoms. The number of hydrogen-bond donors (Lipinski definition) is 1. The normalized spacial score (nSPS) is 38.5. The van der Waals surface area contributed by atoms with E-state index in [1.165, 1.54) is 12.8 Å². The summed E-state index contributed by atoms with van der Waals surface area (Å²) < 4.78 is 0. The van der Waals surface area contributed by atoms with Crippen molar-refractivity contribution in [1.82, 2.24) is 4.90 Å². The average molecular weight is 156 g/mol.